The van der Waals surface area contributed by atoms with E-state index in [1.807, 2.05) is 13.8 Å². The molecule has 184 valence electrons. The number of Topliss-reactive ketones (excluding diaryl/α,β-unsaturated/α-hetero) is 1. The Kier molecular flexibility index (Phi) is 8.01. The monoisotopic (exact) mass is 459 g/mol. The maximum Gasteiger partial charge on any atom is 0.289 e. The number of rotatable bonds is 10. The summed E-state index contributed by atoms with van der Waals surface area (Å²) in [7, 11) is 0. The van der Waals surface area contributed by atoms with Gasteiger partial charge in [-0.05, 0) is 42.4 Å². The molecule has 0 aromatic carbocycles. The fraction of sp³-hybridized carbons (Fsp3) is 0.769. The van der Waals surface area contributed by atoms with Crippen molar-refractivity contribution in [2.75, 3.05) is 13.1 Å². The Balaban J connectivity index is 1.74. The summed E-state index contributed by atoms with van der Waals surface area (Å²) in [6, 6.07) is -1.46. The fourth-order valence-electron chi connectivity index (χ4n) is 6.14. The Morgan fingerprint density at radius 1 is 1.15 bits per heavy atom. The number of carbonyl (C=O) groups excluding carboxylic acids is 4. The van der Waals surface area contributed by atoms with E-state index in [4.69, 9.17) is 0 Å². The molecule has 0 spiro atoms. The van der Waals surface area contributed by atoms with Gasteiger partial charge in [-0.15, -0.1) is 6.58 Å². The average Bonchev–Trinajstić information content (AvgIpc) is 3.14. The zero-order valence-corrected chi connectivity index (χ0v) is 20.7. The van der Waals surface area contributed by atoms with Gasteiger partial charge in [0, 0.05) is 19.0 Å². The Labute approximate surface area is 198 Å². The van der Waals surface area contributed by atoms with Crippen LogP contribution in [0, 0.1) is 29.1 Å². The number of nitrogens with one attached hydrogen (secondary N) is 2. The van der Waals surface area contributed by atoms with Crippen LogP contribution < -0.4 is 10.6 Å². The number of carbonyl (C=O) groups is 4. The first-order chi connectivity index (χ1) is 15.6. The number of amides is 3. The third kappa shape index (κ3) is 5.17. The molecule has 0 bridgehead atoms. The SMILES string of the molecule is C=CCNC(=O)C(=O)C(CCC)NC(=O)[C@@H]1[C@@H]2[C@H](CN1C(=O)[C@@H](C)C1CCCCC1)C2(C)C. The van der Waals surface area contributed by atoms with Crippen LogP contribution in [0.3, 0.4) is 0 Å². The van der Waals surface area contributed by atoms with E-state index in [0.29, 0.717) is 31.2 Å². The number of hydrogen-bond donors (Lipinski definition) is 2. The van der Waals surface area contributed by atoms with Gasteiger partial charge in [-0.25, -0.2) is 0 Å². The van der Waals surface area contributed by atoms with Gasteiger partial charge in [0.25, 0.3) is 5.91 Å². The number of likely N-dealkylation sites (tertiary alicyclic amines) is 1. The molecule has 3 aliphatic rings. The maximum absolute atomic E-state index is 13.5. The standard InChI is InChI=1S/C26H41N3O4/c1-6-11-19(22(30)24(32)27-14-7-2)28-23(31)21-20-18(26(20,4)5)15-29(21)25(33)16(3)17-12-9-8-10-13-17/h7,16-21H,2,6,8-15H2,1,3-5H3,(H,27,32)(H,28,31)/t16-,18-,19?,20-,21-/m0/s1. The molecule has 33 heavy (non-hydrogen) atoms. The van der Waals surface area contributed by atoms with Crippen LogP contribution in [0.15, 0.2) is 12.7 Å². The highest BCUT2D eigenvalue weighted by molar-refractivity contribution is 6.38. The summed E-state index contributed by atoms with van der Waals surface area (Å²) in [5.41, 5.74) is -0.00153. The van der Waals surface area contributed by atoms with Gasteiger partial charge < -0.3 is 15.5 Å². The molecule has 2 N–H and O–H groups in total. The molecule has 3 amide bonds. The van der Waals surface area contributed by atoms with Crippen LogP contribution in [0.5, 0.6) is 0 Å². The zero-order chi connectivity index (χ0) is 24.3. The van der Waals surface area contributed by atoms with Crippen LogP contribution in [0.1, 0.15) is 72.6 Å². The molecule has 7 heteroatoms. The molecule has 1 heterocycles. The molecule has 0 radical (unpaired) electrons. The minimum absolute atomic E-state index is 0.00153. The van der Waals surface area contributed by atoms with Gasteiger partial charge in [0.15, 0.2) is 0 Å². The molecule has 5 atom stereocenters. The van der Waals surface area contributed by atoms with Crippen LogP contribution in [-0.4, -0.2) is 53.6 Å². The van der Waals surface area contributed by atoms with Crippen molar-refractivity contribution in [1.82, 2.24) is 15.5 Å². The Bertz CT molecular complexity index is 786. The number of hydrogen-bond acceptors (Lipinski definition) is 4. The first-order valence-corrected chi connectivity index (χ1v) is 12.7. The van der Waals surface area contributed by atoms with Crippen LogP contribution in [0.2, 0.25) is 0 Å². The van der Waals surface area contributed by atoms with Gasteiger partial charge in [0.1, 0.15) is 6.04 Å². The van der Waals surface area contributed by atoms with Crippen molar-refractivity contribution in [2.45, 2.75) is 84.7 Å². The van der Waals surface area contributed by atoms with Crippen molar-refractivity contribution in [3.05, 3.63) is 12.7 Å². The summed E-state index contributed by atoms with van der Waals surface area (Å²) in [4.78, 5) is 53.7. The van der Waals surface area contributed by atoms with Gasteiger partial charge >= 0.3 is 0 Å². The highest BCUT2D eigenvalue weighted by atomic mass is 16.2. The summed E-state index contributed by atoms with van der Waals surface area (Å²) in [5.74, 6) is -0.942. The minimum Gasteiger partial charge on any atom is -0.346 e. The van der Waals surface area contributed by atoms with Crippen LogP contribution in [0.4, 0.5) is 0 Å². The van der Waals surface area contributed by atoms with Gasteiger partial charge in [0.2, 0.25) is 17.6 Å². The highest BCUT2D eigenvalue weighted by Gasteiger charge is 2.69. The molecule has 2 aliphatic carbocycles. The number of fused-ring (bicyclic) bond motifs is 1. The van der Waals surface area contributed by atoms with Crippen LogP contribution >= 0.6 is 0 Å². The quantitative estimate of drug-likeness (QED) is 0.388. The normalized spacial score (nSPS) is 27.8. The number of ketones is 1. The predicted octanol–water partition coefficient (Wildman–Crippen LogP) is 2.84. The summed E-state index contributed by atoms with van der Waals surface area (Å²) in [6.45, 7) is 12.5. The third-order valence-corrected chi connectivity index (χ3v) is 8.35. The van der Waals surface area contributed by atoms with E-state index in [0.717, 1.165) is 12.8 Å². The summed E-state index contributed by atoms with van der Waals surface area (Å²) < 4.78 is 0. The van der Waals surface area contributed by atoms with Crippen LogP contribution in [0.25, 0.3) is 0 Å². The lowest BCUT2D eigenvalue weighted by Gasteiger charge is -2.35. The Morgan fingerprint density at radius 3 is 2.42 bits per heavy atom. The van der Waals surface area contributed by atoms with Crippen molar-refractivity contribution in [1.29, 1.82) is 0 Å². The number of piperidine rings is 1. The lowest BCUT2D eigenvalue weighted by molar-refractivity contribution is -0.146. The second-order valence-electron chi connectivity index (χ2n) is 10.8. The number of nitrogens with zero attached hydrogens (tertiary/aromatic N) is 1. The van der Waals surface area contributed by atoms with E-state index in [1.165, 1.54) is 25.3 Å². The van der Waals surface area contributed by atoms with Gasteiger partial charge in [-0.1, -0.05) is 59.5 Å². The Morgan fingerprint density at radius 2 is 1.82 bits per heavy atom. The average molecular weight is 460 g/mol. The summed E-state index contributed by atoms with van der Waals surface area (Å²) in [6.07, 6.45) is 8.24. The largest absolute Gasteiger partial charge is 0.346 e. The lowest BCUT2D eigenvalue weighted by atomic mass is 9.80. The fourth-order valence-corrected chi connectivity index (χ4v) is 6.14. The van der Waals surface area contributed by atoms with E-state index in [-0.39, 0.29) is 35.6 Å². The highest BCUT2D eigenvalue weighted by Crippen LogP contribution is 2.65. The molecule has 1 unspecified atom stereocenters. The minimum atomic E-state index is -0.888. The first kappa shape index (κ1) is 25.4. The zero-order valence-electron chi connectivity index (χ0n) is 20.7. The van der Waals surface area contributed by atoms with Crippen LogP contribution in [-0.2, 0) is 19.2 Å². The molecular formula is C26H41N3O4. The van der Waals surface area contributed by atoms with E-state index in [1.54, 1.807) is 4.90 Å². The smallest absolute Gasteiger partial charge is 0.289 e. The second kappa shape index (κ2) is 10.4. The molecule has 2 saturated carbocycles. The van der Waals surface area contributed by atoms with Crippen molar-refractivity contribution in [3.8, 4) is 0 Å². The molecule has 3 fully saturated rings. The van der Waals surface area contributed by atoms with Crippen molar-refractivity contribution in [3.63, 3.8) is 0 Å². The van der Waals surface area contributed by atoms with E-state index >= 15 is 0 Å². The van der Waals surface area contributed by atoms with Gasteiger partial charge in [-0.2, -0.15) is 0 Å². The molecule has 7 nitrogen and oxygen atoms in total. The first-order valence-electron chi connectivity index (χ1n) is 12.7. The van der Waals surface area contributed by atoms with Gasteiger partial charge in [0.05, 0.1) is 6.04 Å². The van der Waals surface area contributed by atoms with E-state index < -0.39 is 23.8 Å². The molecule has 0 aromatic heterocycles. The molecular weight excluding hydrogens is 418 g/mol. The molecule has 1 aliphatic heterocycles. The van der Waals surface area contributed by atoms with E-state index in [2.05, 4.69) is 31.1 Å². The molecule has 0 aromatic rings. The summed E-state index contributed by atoms with van der Waals surface area (Å²) >= 11 is 0. The Hall–Kier alpha value is -2.18. The van der Waals surface area contributed by atoms with Crippen molar-refractivity contribution < 1.29 is 19.2 Å². The topological polar surface area (TPSA) is 95.6 Å². The second-order valence-corrected chi connectivity index (χ2v) is 10.8. The van der Waals surface area contributed by atoms with E-state index in [9.17, 15) is 19.2 Å². The van der Waals surface area contributed by atoms with Crippen molar-refractivity contribution >= 4 is 23.5 Å². The molecule has 3 rings (SSSR count). The lowest BCUT2D eigenvalue weighted by Crippen LogP contribution is -2.56. The summed E-state index contributed by atoms with van der Waals surface area (Å²) in [5, 5.41) is 5.35. The maximum atomic E-state index is 13.5. The predicted molar refractivity (Wildman–Crippen MR) is 127 cm³/mol. The van der Waals surface area contributed by atoms with Crippen molar-refractivity contribution in [2.24, 2.45) is 29.1 Å². The van der Waals surface area contributed by atoms with Gasteiger partial charge in [-0.3, -0.25) is 19.2 Å². The molecule has 1 saturated heterocycles. The third-order valence-electron chi connectivity index (χ3n) is 8.35.